The lowest BCUT2D eigenvalue weighted by Gasteiger charge is -2.36. The molecule has 3 heteroatoms. The van der Waals surface area contributed by atoms with Crippen molar-refractivity contribution in [3.05, 3.63) is 29.8 Å². The van der Waals surface area contributed by atoms with Crippen LogP contribution in [0.4, 0.5) is 5.69 Å². The van der Waals surface area contributed by atoms with Crippen molar-refractivity contribution in [1.82, 2.24) is 10.2 Å². The summed E-state index contributed by atoms with van der Waals surface area (Å²) in [6.45, 7) is 11.7. The highest BCUT2D eigenvalue weighted by Gasteiger charge is 2.22. The fraction of sp³-hybridized carbons (Fsp3) is 0.700. The summed E-state index contributed by atoms with van der Waals surface area (Å²) in [7, 11) is 0. The average molecular weight is 316 g/mol. The van der Waals surface area contributed by atoms with E-state index >= 15 is 0 Å². The van der Waals surface area contributed by atoms with E-state index in [4.69, 9.17) is 0 Å². The maximum absolute atomic E-state index is 3.48. The topological polar surface area (TPSA) is 18.5 Å². The van der Waals surface area contributed by atoms with Gasteiger partial charge in [-0.05, 0) is 49.3 Å². The number of anilines is 1. The zero-order valence-electron chi connectivity index (χ0n) is 14.9. The maximum Gasteiger partial charge on any atom is 0.0366 e. The third kappa shape index (κ3) is 4.48. The van der Waals surface area contributed by atoms with E-state index in [1.54, 1.807) is 0 Å². The van der Waals surface area contributed by atoms with Gasteiger partial charge >= 0.3 is 0 Å². The van der Waals surface area contributed by atoms with Crippen LogP contribution >= 0.6 is 0 Å². The molecule has 1 atom stereocenters. The van der Waals surface area contributed by atoms with Crippen LogP contribution in [0.3, 0.4) is 0 Å². The Bertz CT molecular complexity index is 456. The van der Waals surface area contributed by atoms with Crippen molar-refractivity contribution in [2.45, 2.75) is 45.6 Å². The van der Waals surface area contributed by atoms with Gasteiger partial charge < -0.3 is 10.2 Å². The average Bonchev–Trinajstić information content (AvgIpc) is 3.11. The van der Waals surface area contributed by atoms with Crippen LogP contribution in [0.15, 0.2) is 24.3 Å². The number of hydrogen-bond donors (Lipinski definition) is 1. The maximum atomic E-state index is 3.48. The molecule has 0 saturated carbocycles. The van der Waals surface area contributed by atoms with E-state index in [0.717, 1.165) is 19.0 Å². The van der Waals surface area contributed by atoms with Gasteiger partial charge in [-0.25, -0.2) is 0 Å². The first-order valence-electron chi connectivity index (χ1n) is 9.54. The minimum absolute atomic E-state index is 0.590. The van der Waals surface area contributed by atoms with E-state index in [9.17, 15) is 0 Å². The van der Waals surface area contributed by atoms with Crippen molar-refractivity contribution in [1.29, 1.82) is 0 Å². The highest BCUT2D eigenvalue weighted by atomic mass is 15.2. The number of nitrogens with zero attached hydrogens (tertiary/aromatic N) is 2. The van der Waals surface area contributed by atoms with Crippen molar-refractivity contribution in [2.75, 3.05) is 44.2 Å². The van der Waals surface area contributed by atoms with Crippen molar-refractivity contribution in [2.24, 2.45) is 5.92 Å². The molecule has 2 saturated heterocycles. The Labute approximate surface area is 142 Å². The third-order valence-electron chi connectivity index (χ3n) is 5.36. The summed E-state index contributed by atoms with van der Waals surface area (Å²) in [5.74, 6) is 0.782. The van der Waals surface area contributed by atoms with E-state index in [2.05, 4.69) is 53.2 Å². The van der Waals surface area contributed by atoms with Crippen LogP contribution in [0.2, 0.25) is 0 Å². The Kier molecular flexibility index (Phi) is 5.96. The molecule has 0 bridgehead atoms. The van der Waals surface area contributed by atoms with E-state index < -0.39 is 0 Å². The van der Waals surface area contributed by atoms with Crippen molar-refractivity contribution in [3.8, 4) is 0 Å². The quantitative estimate of drug-likeness (QED) is 0.864. The van der Waals surface area contributed by atoms with E-state index in [-0.39, 0.29) is 0 Å². The van der Waals surface area contributed by atoms with Gasteiger partial charge in [-0.15, -0.1) is 0 Å². The van der Waals surface area contributed by atoms with Crippen LogP contribution in [0.1, 0.15) is 51.1 Å². The fourth-order valence-electron chi connectivity index (χ4n) is 3.93. The van der Waals surface area contributed by atoms with Crippen LogP contribution in [-0.4, -0.2) is 44.2 Å². The van der Waals surface area contributed by atoms with Crippen LogP contribution in [0.5, 0.6) is 0 Å². The summed E-state index contributed by atoms with van der Waals surface area (Å²) >= 11 is 0. The first-order chi connectivity index (χ1) is 11.2. The molecule has 0 radical (unpaired) electrons. The van der Waals surface area contributed by atoms with Gasteiger partial charge in [-0.3, -0.25) is 4.90 Å². The highest BCUT2D eigenvalue weighted by molar-refractivity contribution is 5.48. The second-order valence-electron chi connectivity index (χ2n) is 7.56. The zero-order chi connectivity index (χ0) is 16.1. The number of hydrogen-bond acceptors (Lipinski definition) is 3. The lowest BCUT2D eigenvalue weighted by atomic mass is 9.95. The van der Waals surface area contributed by atoms with Gasteiger partial charge in [0.1, 0.15) is 0 Å². The normalized spacial score (nSPS) is 21.1. The molecule has 2 aliphatic rings. The van der Waals surface area contributed by atoms with Crippen molar-refractivity contribution >= 4 is 5.69 Å². The summed E-state index contributed by atoms with van der Waals surface area (Å²) < 4.78 is 0. The minimum atomic E-state index is 0.590. The molecule has 23 heavy (non-hydrogen) atoms. The first kappa shape index (κ1) is 16.8. The van der Waals surface area contributed by atoms with E-state index in [1.165, 1.54) is 63.1 Å². The second-order valence-corrected chi connectivity index (χ2v) is 7.56. The molecule has 2 aliphatic heterocycles. The molecule has 0 amide bonds. The molecule has 2 heterocycles. The molecule has 1 aromatic rings. The Balaban J connectivity index is 1.71. The Morgan fingerprint density at radius 3 is 2.17 bits per heavy atom. The molecule has 1 aromatic carbocycles. The molecule has 128 valence electrons. The van der Waals surface area contributed by atoms with Gasteiger partial charge in [0.15, 0.2) is 0 Å². The fourth-order valence-corrected chi connectivity index (χ4v) is 3.93. The molecule has 3 nitrogen and oxygen atoms in total. The summed E-state index contributed by atoms with van der Waals surface area (Å²) in [5.41, 5.74) is 2.92. The van der Waals surface area contributed by atoms with Gasteiger partial charge in [0.2, 0.25) is 0 Å². The monoisotopic (exact) mass is 315 g/mol. The Hall–Kier alpha value is -1.06. The number of benzene rings is 1. The largest absolute Gasteiger partial charge is 0.372 e. The van der Waals surface area contributed by atoms with E-state index in [1.807, 2.05) is 0 Å². The second kappa shape index (κ2) is 8.16. The molecule has 2 fully saturated rings. The molecular formula is C20H33N3. The van der Waals surface area contributed by atoms with Crippen LogP contribution in [-0.2, 0) is 0 Å². The number of piperazine rings is 1. The summed E-state index contributed by atoms with van der Waals surface area (Å²) in [5, 5.41) is 3.48. The van der Waals surface area contributed by atoms with Crippen molar-refractivity contribution < 1.29 is 0 Å². The van der Waals surface area contributed by atoms with Gasteiger partial charge in [0, 0.05) is 51.0 Å². The summed E-state index contributed by atoms with van der Waals surface area (Å²) in [4.78, 5) is 5.21. The van der Waals surface area contributed by atoms with Gasteiger partial charge in [0.05, 0.1) is 0 Å². The number of nitrogens with one attached hydrogen (secondary N) is 1. The van der Waals surface area contributed by atoms with E-state index in [0.29, 0.717) is 6.04 Å². The first-order valence-corrected chi connectivity index (χ1v) is 9.54. The summed E-state index contributed by atoms with van der Waals surface area (Å²) in [6, 6.07) is 10.1. The summed E-state index contributed by atoms with van der Waals surface area (Å²) in [6.07, 6.45) is 5.28. The molecule has 0 aromatic heterocycles. The molecule has 0 spiro atoms. The molecular weight excluding hydrogens is 282 g/mol. The molecule has 3 rings (SSSR count). The zero-order valence-corrected chi connectivity index (χ0v) is 14.9. The van der Waals surface area contributed by atoms with Gasteiger partial charge in [0.25, 0.3) is 0 Å². The molecule has 0 aliphatic carbocycles. The molecule has 1 N–H and O–H groups in total. The van der Waals surface area contributed by atoms with Gasteiger partial charge in [-0.1, -0.05) is 26.0 Å². The van der Waals surface area contributed by atoms with Crippen LogP contribution in [0, 0.1) is 5.92 Å². The Morgan fingerprint density at radius 2 is 1.57 bits per heavy atom. The van der Waals surface area contributed by atoms with Gasteiger partial charge in [-0.2, -0.15) is 0 Å². The Morgan fingerprint density at radius 1 is 0.913 bits per heavy atom. The van der Waals surface area contributed by atoms with Crippen LogP contribution < -0.4 is 10.2 Å². The smallest absolute Gasteiger partial charge is 0.0366 e. The minimum Gasteiger partial charge on any atom is -0.372 e. The van der Waals surface area contributed by atoms with Crippen LogP contribution in [0.25, 0.3) is 0 Å². The molecule has 0 unspecified atom stereocenters. The van der Waals surface area contributed by atoms with Crippen molar-refractivity contribution in [3.63, 3.8) is 0 Å². The lowest BCUT2D eigenvalue weighted by Crippen LogP contribution is -2.45. The number of rotatable bonds is 6. The lowest BCUT2D eigenvalue weighted by molar-refractivity contribution is 0.160. The third-order valence-corrected chi connectivity index (χ3v) is 5.36. The standard InChI is InChI=1S/C20H33N3/c1-17(2)5-10-20(23-15-11-21-12-16-23)18-6-8-19(9-7-18)22-13-3-4-14-22/h6-9,17,20-21H,3-5,10-16H2,1-2H3/t20-/m0/s1. The predicted octanol–water partition coefficient (Wildman–Crippen LogP) is 3.67. The highest BCUT2D eigenvalue weighted by Crippen LogP contribution is 2.30. The predicted molar refractivity (Wildman–Crippen MR) is 99.1 cm³/mol. The SMILES string of the molecule is CC(C)CC[C@@H](c1ccc(N2CCCC2)cc1)N1CCNCC1.